The fourth-order valence-corrected chi connectivity index (χ4v) is 4.59. The van der Waals surface area contributed by atoms with Gasteiger partial charge in [-0.25, -0.2) is 9.18 Å². The number of amides is 4. The zero-order valence-corrected chi connectivity index (χ0v) is 24.1. The van der Waals surface area contributed by atoms with Gasteiger partial charge in [-0.05, 0) is 81.8 Å². The molecule has 1 aliphatic rings. The van der Waals surface area contributed by atoms with E-state index < -0.39 is 5.54 Å². The van der Waals surface area contributed by atoms with Crippen LogP contribution in [0.5, 0.6) is 0 Å². The van der Waals surface area contributed by atoms with Crippen molar-refractivity contribution in [3.8, 4) is 0 Å². The Morgan fingerprint density at radius 2 is 1.46 bits per heavy atom. The average Bonchev–Trinajstić information content (AvgIpc) is 2.93. The van der Waals surface area contributed by atoms with E-state index in [9.17, 15) is 18.8 Å². The first-order valence-electron chi connectivity index (χ1n) is 13.8. The molecule has 0 saturated carbocycles. The molecule has 0 spiro atoms. The number of hydrogen-bond donors (Lipinski definition) is 2. The van der Waals surface area contributed by atoms with Crippen molar-refractivity contribution < 1.29 is 18.8 Å². The van der Waals surface area contributed by atoms with Crippen LogP contribution in [-0.2, 0) is 11.3 Å². The smallest absolute Gasteiger partial charge is 0.318 e. The third-order valence-corrected chi connectivity index (χ3v) is 6.77. The van der Waals surface area contributed by atoms with Crippen LogP contribution >= 0.6 is 0 Å². The van der Waals surface area contributed by atoms with Gasteiger partial charge in [0.2, 0.25) is 5.91 Å². The van der Waals surface area contributed by atoms with E-state index in [1.165, 1.54) is 17.0 Å². The van der Waals surface area contributed by atoms with Crippen molar-refractivity contribution in [1.82, 2.24) is 15.1 Å². The highest BCUT2D eigenvalue weighted by molar-refractivity contribution is 5.95. The molecule has 0 aromatic heterocycles. The van der Waals surface area contributed by atoms with Gasteiger partial charge < -0.3 is 25.3 Å². The first kappa shape index (κ1) is 29.6. The molecule has 3 aromatic carbocycles. The molecule has 2 N–H and O–H groups in total. The topological polar surface area (TPSA) is 85.0 Å². The molecule has 3 aromatic rings. The van der Waals surface area contributed by atoms with Crippen molar-refractivity contribution in [2.75, 3.05) is 42.9 Å². The average molecular weight is 560 g/mol. The Hall–Kier alpha value is -4.40. The van der Waals surface area contributed by atoms with Crippen LogP contribution in [0.15, 0.2) is 72.8 Å². The number of urea groups is 1. The van der Waals surface area contributed by atoms with Gasteiger partial charge in [-0.15, -0.1) is 0 Å². The Morgan fingerprint density at radius 1 is 0.854 bits per heavy atom. The number of halogens is 1. The van der Waals surface area contributed by atoms with Crippen molar-refractivity contribution in [3.05, 3.63) is 95.3 Å². The SMILES string of the molecule is Cc1ccc(C(=O)N2CCN(c3ccc(NC(=O)CN(Cc4ccc(F)cc4)C(=O)NC(C)(C)C)cc3)CC2)cc1. The summed E-state index contributed by atoms with van der Waals surface area (Å²) in [6.45, 7) is 10.3. The number of aryl methyl sites for hydroxylation is 1. The summed E-state index contributed by atoms with van der Waals surface area (Å²) in [5.74, 6) is -0.655. The number of rotatable bonds is 7. The number of hydrogen-bond acceptors (Lipinski definition) is 4. The highest BCUT2D eigenvalue weighted by atomic mass is 19.1. The predicted molar refractivity (Wildman–Crippen MR) is 159 cm³/mol. The minimum atomic E-state index is -0.482. The van der Waals surface area contributed by atoms with Crippen LogP contribution in [0.3, 0.4) is 0 Å². The number of carbonyl (C=O) groups is 3. The summed E-state index contributed by atoms with van der Waals surface area (Å²) in [4.78, 5) is 44.2. The zero-order valence-electron chi connectivity index (χ0n) is 24.1. The van der Waals surface area contributed by atoms with Gasteiger partial charge in [-0.1, -0.05) is 29.8 Å². The lowest BCUT2D eigenvalue weighted by Gasteiger charge is -2.36. The molecule has 1 aliphatic heterocycles. The molecule has 0 atom stereocenters. The molecule has 41 heavy (non-hydrogen) atoms. The van der Waals surface area contributed by atoms with Crippen LogP contribution in [0, 0.1) is 12.7 Å². The normalized spacial score (nSPS) is 13.5. The third-order valence-electron chi connectivity index (χ3n) is 6.77. The molecule has 8 nitrogen and oxygen atoms in total. The Labute approximate surface area is 241 Å². The van der Waals surface area contributed by atoms with E-state index >= 15 is 0 Å². The molecular weight excluding hydrogens is 521 g/mol. The number of carbonyl (C=O) groups excluding carboxylic acids is 3. The van der Waals surface area contributed by atoms with E-state index in [0.29, 0.717) is 43.0 Å². The fourth-order valence-electron chi connectivity index (χ4n) is 4.59. The Bertz CT molecular complexity index is 1340. The molecule has 9 heteroatoms. The first-order chi connectivity index (χ1) is 19.5. The second-order valence-corrected chi connectivity index (χ2v) is 11.4. The van der Waals surface area contributed by atoms with Crippen LogP contribution in [0.25, 0.3) is 0 Å². The lowest BCUT2D eigenvalue weighted by molar-refractivity contribution is -0.116. The van der Waals surface area contributed by atoms with Crippen LogP contribution in [-0.4, -0.2) is 65.9 Å². The predicted octanol–water partition coefficient (Wildman–Crippen LogP) is 5.05. The fraction of sp³-hybridized carbons (Fsp3) is 0.344. The highest BCUT2D eigenvalue weighted by Gasteiger charge is 2.24. The standard InChI is InChI=1S/C32H38FN5O3/c1-23-5-9-25(10-6-23)30(40)37-19-17-36(18-20-37)28-15-13-27(14-16-28)34-29(39)22-38(31(41)35-32(2,3)4)21-24-7-11-26(33)12-8-24/h5-16H,17-22H2,1-4H3,(H,34,39)(H,35,41). The van der Waals surface area contributed by atoms with Crippen LogP contribution in [0.2, 0.25) is 0 Å². The maximum Gasteiger partial charge on any atom is 0.318 e. The molecule has 4 rings (SSSR count). The quantitative estimate of drug-likeness (QED) is 0.425. The van der Waals surface area contributed by atoms with Crippen LogP contribution in [0.4, 0.5) is 20.6 Å². The van der Waals surface area contributed by atoms with E-state index in [4.69, 9.17) is 0 Å². The van der Waals surface area contributed by atoms with Crippen molar-refractivity contribution in [2.45, 2.75) is 39.8 Å². The molecule has 0 bridgehead atoms. The Kier molecular flexibility index (Phi) is 9.27. The molecule has 1 saturated heterocycles. The zero-order chi connectivity index (χ0) is 29.6. The Morgan fingerprint density at radius 3 is 2.05 bits per heavy atom. The van der Waals surface area contributed by atoms with E-state index in [0.717, 1.165) is 11.3 Å². The lowest BCUT2D eigenvalue weighted by Crippen LogP contribution is -2.50. The number of nitrogens with zero attached hydrogens (tertiary/aromatic N) is 3. The summed E-state index contributed by atoms with van der Waals surface area (Å²) in [5, 5.41) is 5.76. The number of nitrogens with one attached hydrogen (secondary N) is 2. The molecule has 4 amide bonds. The lowest BCUT2D eigenvalue weighted by atomic mass is 10.1. The summed E-state index contributed by atoms with van der Waals surface area (Å²) in [6.07, 6.45) is 0. The molecule has 1 fully saturated rings. The maximum atomic E-state index is 13.4. The van der Waals surface area contributed by atoms with Gasteiger partial charge in [0.15, 0.2) is 0 Å². The third kappa shape index (κ3) is 8.54. The second-order valence-electron chi connectivity index (χ2n) is 11.4. The van der Waals surface area contributed by atoms with Gasteiger partial charge in [0.1, 0.15) is 12.4 Å². The highest BCUT2D eigenvalue weighted by Crippen LogP contribution is 2.21. The molecule has 0 radical (unpaired) electrons. The number of benzene rings is 3. The first-order valence-corrected chi connectivity index (χ1v) is 13.8. The minimum absolute atomic E-state index is 0.0485. The van der Waals surface area contributed by atoms with Gasteiger partial charge >= 0.3 is 6.03 Å². The molecular formula is C32H38FN5O3. The van der Waals surface area contributed by atoms with Gasteiger partial charge in [0, 0.05) is 55.2 Å². The van der Waals surface area contributed by atoms with Gasteiger partial charge in [-0.2, -0.15) is 0 Å². The summed E-state index contributed by atoms with van der Waals surface area (Å²) < 4.78 is 13.4. The number of anilines is 2. The van der Waals surface area contributed by atoms with Gasteiger partial charge in [0.05, 0.1) is 0 Å². The van der Waals surface area contributed by atoms with Gasteiger partial charge in [0.25, 0.3) is 5.91 Å². The largest absolute Gasteiger partial charge is 0.368 e. The second kappa shape index (κ2) is 12.8. The van der Waals surface area contributed by atoms with Crippen LogP contribution < -0.4 is 15.5 Å². The van der Waals surface area contributed by atoms with Crippen molar-refractivity contribution >= 4 is 29.2 Å². The molecule has 0 unspecified atom stereocenters. The van der Waals surface area contributed by atoms with Crippen molar-refractivity contribution in [3.63, 3.8) is 0 Å². The molecule has 0 aliphatic carbocycles. The molecule has 1 heterocycles. The van der Waals surface area contributed by atoms with E-state index in [1.807, 2.05) is 81.1 Å². The summed E-state index contributed by atoms with van der Waals surface area (Å²) in [6, 6.07) is 20.7. The van der Waals surface area contributed by atoms with Crippen LogP contribution in [0.1, 0.15) is 42.3 Å². The monoisotopic (exact) mass is 559 g/mol. The van der Waals surface area contributed by atoms with Gasteiger partial charge in [-0.3, -0.25) is 9.59 Å². The van der Waals surface area contributed by atoms with E-state index in [1.54, 1.807) is 12.1 Å². The van der Waals surface area contributed by atoms with E-state index in [2.05, 4.69) is 15.5 Å². The number of piperazine rings is 1. The summed E-state index contributed by atoms with van der Waals surface area (Å²) in [5.41, 5.74) is 3.69. The summed E-state index contributed by atoms with van der Waals surface area (Å²) >= 11 is 0. The minimum Gasteiger partial charge on any atom is -0.368 e. The van der Waals surface area contributed by atoms with Crippen molar-refractivity contribution in [2.24, 2.45) is 0 Å². The molecule has 216 valence electrons. The maximum absolute atomic E-state index is 13.4. The Balaban J connectivity index is 1.32. The summed E-state index contributed by atoms with van der Waals surface area (Å²) in [7, 11) is 0. The van der Waals surface area contributed by atoms with E-state index in [-0.39, 0.29) is 36.8 Å². The van der Waals surface area contributed by atoms with Crippen molar-refractivity contribution in [1.29, 1.82) is 0 Å².